The predicted octanol–water partition coefficient (Wildman–Crippen LogP) is 0.894. The van der Waals surface area contributed by atoms with Crippen molar-refractivity contribution in [2.24, 2.45) is 5.92 Å². The summed E-state index contributed by atoms with van der Waals surface area (Å²) in [5.41, 5.74) is 0.805. The molecule has 0 radical (unpaired) electrons. The molecule has 0 bridgehead atoms. The van der Waals surface area contributed by atoms with E-state index in [0.29, 0.717) is 11.3 Å². The van der Waals surface area contributed by atoms with E-state index in [1.807, 2.05) is 0 Å². The van der Waals surface area contributed by atoms with E-state index in [4.69, 9.17) is 0 Å². The second-order valence-electron chi connectivity index (χ2n) is 5.48. The van der Waals surface area contributed by atoms with Crippen molar-refractivity contribution in [1.82, 2.24) is 9.55 Å². The third kappa shape index (κ3) is 1.95. The van der Waals surface area contributed by atoms with Gasteiger partial charge in [0.1, 0.15) is 4.83 Å². The third-order valence-electron chi connectivity index (χ3n) is 4.00. The van der Waals surface area contributed by atoms with Gasteiger partial charge in [-0.05, 0) is 37.7 Å². The molecule has 2 unspecified atom stereocenters. The predicted molar refractivity (Wildman–Crippen MR) is 74.8 cm³/mol. The molecule has 2 aromatic rings. The summed E-state index contributed by atoms with van der Waals surface area (Å²) in [6.07, 6.45) is 4.22. The first-order chi connectivity index (χ1) is 9.49. The Bertz CT molecular complexity index is 747. The summed E-state index contributed by atoms with van der Waals surface area (Å²) in [6.45, 7) is 3.64. The number of carboxylic acid groups (broad SMARTS) is 1. The molecular formula is C14H15N2O3S-. The highest BCUT2D eigenvalue weighted by Gasteiger charge is 2.23. The summed E-state index contributed by atoms with van der Waals surface area (Å²) in [5.74, 6) is -0.647. The molecule has 2 aromatic heterocycles. The number of carbonyl (C=O) groups excluding carboxylic acids is 1. The van der Waals surface area contributed by atoms with Crippen LogP contribution in [0.4, 0.5) is 0 Å². The van der Waals surface area contributed by atoms with Crippen LogP contribution in [0.25, 0.3) is 10.2 Å². The van der Waals surface area contributed by atoms with E-state index in [0.717, 1.165) is 34.2 Å². The minimum atomic E-state index is -1.27. The van der Waals surface area contributed by atoms with Gasteiger partial charge in [0.2, 0.25) is 0 Å². The fourth-order valence-electron chi connectivity index (χ4n) is 2.73. The van der Waals surface area contributed by atoms with Crippen molar-refractivity contribution >= 4 is 27.5 Å². The second-order valence-corrected chi connectivity index (χ2v) is 6.57. The SMILES string of the molecule is CC1CCc2c(sc3ncn(C(C)C(=O)[O-])c(=O)c23)C1. The van der Waals surface area contributed by atoms with Crippen LogP contribution >= 0.6 is 11.3 Å². The van der Waals surface area contributed by atoms with Gasteiger partial charge in [-0.25, -0.2) is 4.98 Å². The molecule has 0 saturated carbocycles. The molecule has 0 saturated heterocycles. The molecule has 0 N–H and O–H groups in total. The Hall–Kier alpha value is -1.69. The minimum Gasteiger partial charge on any atom is -0.548 e. The number of fused-ring (bicyclic) bond motifs is 3. The molecule has 2 heterocycles. The average Bonchev–Trinajstić information content (AvgIpc) is 2.76. The van der Waals surface area contributed by atoms with Gasteiger partial charge >= 0.3 is 0 Å². The largest absolute Gasteiger partial charge is 0.548 e. The van der Waals surface area contributed by atoms with Crippen LogP contribution in [0.2, 0.25) is 0 Å². The highest BCUT2D eigenvalue weighted by atomic mass is 32.1. The molecule has 1 aliphatic rings. The molecular weight excluding hydrogens is 276 g/mol. The van der Waals surface area contributed by atoms with Crippen LogP contribution in [0.1, 0.15) is 36.8 Å². The van der Waals surface area contributed by atoms with Crippen LogP contribution in [-0.2, 0) is 17.6 Å². The molecule has 2 atom stereocenters. The monoisotopic (exact) mass is 291 g/mol. The van der Waals surface area contributed by atoms with Crippen molar-refractivity contribution < 1.29 is 9.90 Å². The third-order valence-corrected chi connectivity index (χ3v) is 5.16. The quantitative estimate of drug-likeness (QED) is 0.823. The number of carbonyl (C=O) groups is 1. The van der Waals surface area contributed by atoms with E-state index < -0.39 is 12.0 Å². The maximum Gasteiger partial charge on any atom is 0.262 e. The highest BCUT2D eigenvalue weighted by Crippen LogP contribution is 2.35. The number of aliphatic carboxylic acids is 1. The standard InChI is InChI=1S/C14H16N2O3S/c1-7-3-4-9-10(5-7)20-12-11(9)13(17)16(6-15-12)8(2)14(18)19/h6-8H,3-5H2,1-2H3,(H,18,19)/p-1. The summed E-state index contributed by atoms with van der Waals surface area (Å²) in [4.78, 5) is 29.7. The smallest absolute Gasteiger partial charge is 0.262 e. The van der Waals surface area contributed by atoms with Crippen molar-refractivity contribution in [3.8, 4) is 0 Å². The van der Waals surface area contributed by atoms with E-state index in [1.165, 1.54) is 18.1 Å². The Morgan fingerprint density at radius 1 is 1.60 bits per heavy atom. The zero-order valence-corrected chi connectivity index (χ0v) is 12.2. The summed E-state index contributed by atoms with van der Waals surface area (Å²) >= 11 is 1.56. The van der Waals surface area contributed by atoms with E-state index in [9.17, 15) is 14.7 Å². The van der Waals surface area contributed by atoms with Crippen LogP contribution in [0.3, 0.4) is 0 Å². The molecule has 0 aromatic carbocycles. The normalized spacial score (nSPS) is 19.8. The van der Waals surface area contributed by atoms with E-state index in [2.05, 4.69) is 11.9 Å². The fraction of sp³-hybridized carbons (Fsp3) is 0.500. The maximum absolute atomic E-state index is 12.5. The van der Waals surface area contributed by atoms with E-state index >= 15 is 0 Å². The number of aromatic nitrogens is 2. The van der Waals surface area contributed by atoms with Crippen LogP contribution < -0.4 is 10.7 Å². The zero-order chi connectivity index (χ0) is 14.4. The lowest BCUT2D eigenvalue weighted by molar-refractivity contribution is -0.309. The van der Waals surface area contributed by atoms with Gasteiger partial charge in [-0.2, -0.15) is 0 Å². The number of hydrogen-bond acceptors (Lipinski definition) is 5. The van der Waals surface area contributed by atoms with Crippen LogP contribution in [0, 0.1) is 5.92 Å². The fourth-order valence-corrected chi connectivity index (χ4v) is 4.07. The number of nitrogens with zero attached hydrogens (tertiary/aromatic N) is 2. The van der Waals surface area contributed by atoms with Gasteiger partial charge in [0.05, 0.1) is 23.7 Å². The van der Waals surface area contributed by atoms with E-state index in [-0.39, 0.29) is 5.56 Å². The number of carboxylic acids is 1. The second kappa shape index (κ2) is 4.70. The highest BCUT2D eigenvalue weighted by molar-refractivity contribution is 7.18. The van der Waals surface area contributed by atoms with Crippen molar-refractivity contribution in [1.29, 1.82) is 0 Å². The molecule has 0 spiro atoms. The minimum absolute atomic E-state index is 0.265. The lowest BCUT2D eigenvalue weighted by atomic mass is 9.89. The first kappa shape index (κ1) is 13.3. The summed E-state index contributed by atoms with van der Waals surface area (Å²) in [7, 11) is 0. The van der Waals surface area contributed by atoms with Crippen LogP contribution in [0.15, 0.2) is 11.1 Å². The van der Waals surface area contributed by atoms with Gasteiger partial charge in [-0.3, -0.25) is 9.36 Å². The Labute approximate surface area is 119 Å². The van der Waals surface area contributed by atoms with Gasteiger partial charge in [0.15, 0.2) is 0 Å². The van der Waals surface area contributed by atoms with Crippen molar-refractivity contribution in [3.05, 3.63) is 27.1 Å². The molecule has 5 nitrogen and oxygen atoms in total. The first-order valence-electron chi connectivity index (χ1n) is 6.71. The number of hydrogen-bond donors (Lipinski definition) is 0. The number of aryl methyl sites for hydroxylation is 1. The Balaban J connectivity index is 2.23. The summed E-state index contributed by atoms with van der Waals surface area (Å²) in [6, 6.07) is -1.00. The lowest BCUT2D eigenvalue weighted by Crippen LogP contribution is -2.36. The topological polar surface area (TPSA) is 75.0 Å². The Kier molecular flexibility index (Phi) is 3.12. The van der Waals surface area contributed by atoms with Gasteiger partial charge in [-0.15, -0.1) is 11.3 Å². The van der Waals surface area contributed by atoms with Crippen LogP contribution in [-0.4, -0.2) is 15.5 Å². The molecule has 20 heavy (non-hydrogen) atoms. The zero-order valence-electron chi connectivity index (χ0n) is 11.4. The Morgan fingerprint density at radius 2 is 2.35 bits per heavy atom. The summed E-state index contributed by atoms with van der Waals surface area (Å²) in [5, 5.41) is 11.6. The molecule has 6 heteroatoms. The van der Waals surface area contributed by atoms with Crippen LogP contribution in [0.5, 0.6) is 0 Å². The summed E-state index contributed by atoms with van der Waals surface area (Å²) < 4.78 is 1.16. The molecule has 3 rings (SSSR count). The van der Waals surface area contributed by atoms with Crippen molar-refractivity contribution in [3.63, 3.8) is 0 Å². The lowest BCUT2D eigenvalue weighted by Gasteiger charge is -2.18. The number of rotatable bonds is 2. The van der Waals surface area contributed by atoms with Gasteiger partial charge in [-0.1, -0.05) is 6.92 Å². The van der Waals surface area contributed by atoms with Gasteiger partial charge in [0, 0.05) is 4.88 Å². The van der Waals surface area contributed by atoms with Crippen molar-refractivity contribution in [2.45, 2.75) is 39.2 Å². The average molecular weight is 291 g/mol. The van der Waals surface area contributed by atoms with Gasteiger partial charge in [0.25, 0.3) is 5.56 Å². The number of thiophene rings is 1. The molecule has 0 fully saturated rings. The van der Waals surface area contributed by atoms with E-state index in [1.54, 1.807) is 11.3 Å². The molecule has 0 aliphatic heterocycles. The molecule has 0 amide bonds. The van der Waals surface area contributed by atoms with Crippen molar-refractivity contribution in [2.75, 3.05) is 0 Å². The molecule has 1 aliphatic carbocycles. The first-order valence-corrected chi connectivity index (χ1v) is 7.53. The Morgan fingerprint density at radius 3 is 3.05 bits per heavy atom. The molecule has 106 valence electrons. The maximum atomic E-state index is 12.5. The van der Waals surface area contributed by atoms with Gasteiger partial charge < -0.3 is 9.90 Å².